The van der Waals surface area contributed by atoms with Crippen molar-refractivity contribution in [2.24, 2.45) is 0 Å². The molecule has 1 aromatic carbocycles. The molecule has 0 fully saturated rings. The number of halogens is 1. The van der Waals surface area contributed by atoms with Crippen molar-refractivity contribution in [3.05, 3.63) is 41.4 Å². The predicted molar refractivity (Wildman–Crippen MR) is 79.4 cm³/mol. The number of benzene rings is 1. The van der Waals surface area contributed by atoms with Gasteiger partial charge in [0.15, 0.2) is 5.76 Å². The molecule has 3 nitrogen and oxygen atoms in total. The van der Waals surface area contributed by atoms with E-state index in [2.05, 4.69) is 4.98 Å². The molecule has 0 radical (unpaired) electrons. The Morgan fingerprint density at radius 2 is 2.00 bits per heavy atom. The van der Waals surface area contributed by atoms with Crippen molar-refractivity contribution in [2.75, 3.05) is 0 Å². The molecule has 102 valence electrons. The first-order valence-corrected chi connectivity index (χ1v) is 7.49. The van der Waals surface area contributed by atoms with E-state index in [1.165, 1.54) is 0 Å². The number of aliphatic hydroxyl groups excluding tert-OH is 1. The standard InChI is InChI=1S/C14H16ClNO2S/c1-9(17)10(2)19-8-14-16-7-13(18-14)11-3-5-12(15)6-4-11/h3-7,9-10,17H,8H2,1-2H3. The summed E-state index contributed by atoms with van der Waals surface area (Å²) < 4.78 is 5.68. The Balaban J connectivity index is 2.01. The zero-order valence-corrected chi connectivity index (χ0v) is 12.4. The van der Waals surface area contributed by atoms with E-state index in [4.69, 9.17) is 16.0 Å². The summed E-state index contributed by atoms with van der Waals surface area (Å²) in [6, 6.07) is 7.45. The molecule has 0 saturated carbocycles. The van der Waals surface area contributed by atoms with Crippen LogP contribution in [-0.4, -0.2) is 21.4 Å². The second kappa shape index (κ2) is 6.46. The molecule has 0 aliphatic heterocycles. The Bertz CT molecular complexity index is 524. The van der Waals surface area contributed by atoms with Gasteiger partial charge in [-0.15, -0.1) is 11.8 Å². The van der Waals surface area contributed by atoms with Gasteiger partial charge >= 0.3 is 0 Å². The van der Waals surface area contributed by atoms with E-state index in [1.807, 2.05) is 31.2 Å². The van der Waals surface area contributed by atoms with Gasteiger partial charge in [-0.05, 0) is 31.2 Å². The number of rotatable bonds is 5. The van der Waals surface area contributed by atoms with Crippen LogP contribution in [0.3, 0.4) is 0 Å². The van der Waals surface area contributed by atoms with E-state index in [1.54, 1.807) is 24.9 Å². The highest BCUT2D eigenvalue weighted by molar-refractivity contribution is 7.99. The number of oxazole rings is 1. The van der Waals surface area contributed by atoms with Crippen LogP contribution in [0.2, 0.25) is 5.02 Å². The number of nitrogens with zero attached hydrogens (tertiary/aromatic N) is 1. The zero-order chi connectivity index (χ0) is 13.8. The molecule has 0 aliphatic carbocycles. The number of aromatic nitrogens is 1. The second-order valence-electron chi connectivity index (χ2n) is 4.38. The summed E-state index contributed by atoms with van der Waals surface area (Å²) in [7, 11) is 0. The molecule has 0 saturated heterocycles. The van der Waals surface area contributed by atoms with Crippen molar-refractivity contribution in [3.63, 3.8) is 0 Å². The summed E-state index contributed by atoms with van der Waals surface area (Å²) >= 11 is 7.47. The third-order valence-corrected chi connectivity index (χ3v) is 4.42. The van der Waals surface area contributed by atoms with Gasteiger partial charge in [0, 0.05) is 15.8 Å². The van der Waals surface area contributed by atoms with Gasteiger partial charge in [-0.3, -0.25) is 0 Å². The maximum Gasteiger partial charge on any atom is 0.204 e. The van der Waals surface area contributed by atoms with Crippen molar-refractivity contribution in [3.8, 4) is 11.3 Å². The van der Waals surface area contributed by atoms with Crippen LogP contribution in [0.1, 0.15) is 19.7 Å². The molecular formula is C14H16ClNO2S. The molecule has 1 N–H and O–H groups in total. The second-order valence-corrected chi connectivity index (χ2v) is 6.18. The maximum absolute atomic E-state index is 9.42. The minimum Gasteiger partial charge on any atom is -0.440 e. The fourth-order valence-corrected chi connectivity index (χ4v) is 2.41. The normalized spacial score (nSPS) is 14.3. The Kier molecular flexibility index (Phi) is 4.91. The lowest BCUT2D eigenvalue weighted by Gasteiger charge is -2.12. The SMILES string of the molecule is CC(O)C(C)SCc1ncc(-c2ccc(Cl)cc2)o1. The lowest BCUT2D eigenvalue weighted by molar-refractivity contribution is 0.196. The highest BCUT2D eigenvalue weighted by atomic mass is 35.5. The highest BCUT2D eigenvalue weighted by Crippen LogP contribution is 2.25. The fourth-order valence-electron chi connectivity index (χ4n) is 1.47. The fraction of sp³-hybridized carbons (Fsp3) is 0.357. The lowest BCUT2D eigenvalue weighted by atomic mass is 10.2. The summed E-state index contributed by atoms with van der Waals surface area (Å²) in [6.07, 6.45) is 1.38. The average molecular weight is 298 g/mol. The van der Waals surface area contributed by atoms with Crippen molar-refractivity contribution in [2.45, 2.75) is 31.0 Å². The van der Waals surface area contributed by atoms with Crippen LogP contribution in [0.25, 0.3) is 11.3 Å². The molecule has 2 aromatic rings. The highest BCUT2D eigenvalue weighted by Gasteiger charge is 2.12. The Hall–Kier alpha value is -0.970. The summed E-state index contributed by atoms with van der Waals surface area (Å²) in [4.78, 5) is 4.24. The molecule has 0 bridgehead atoms. The maximum atomic E-state index is 9.42. The molecule has 19 heavy (non-hydrogen) atoms. The smallest absolute Gasteiger partial charge is 0.204 e. The number of hydrogen-bond acceptors (Lipinski definition) is 4. The van der Waals surface area contributed by atoms with E-state index in [9.17, 15) is 5.11 Å². The predicted octanol–water partition coefficient (Wildman–Crippen LogP) is 4.00. The van der Waals surface area contributed by atoms with Gasteiger partial charge in [-0.25, -0.2) is 4.98 Å². The molecule has 0 amide bonds. The largest absolute Gasteiger partial charge is 0.440 e. The molecule has 5 heteroatoms. The summed E-state index contributed by atoms with van der Waals surface area (Å²) in [6.45, 7) is 3.77. The number of aliphatic hydroxyl groups is 1. The third kappa shape index (κ3) is 4.00. The molecule has 0 aliphatic rings. The number of thioether (sulfide) groups is 1. The molecule has 1 aromatic heterocycles. The summed E-state index contributed by atoms with van der Waals surface area (Å²) in [5.41, 5.74) is 0.955. The van der Waals surface area contributed by atoms with Crippen LogP contribution in [0.15, 0.2) is 34.9 Å². The van der Waals surface area contributed by atoms with Gasteiger partial charge < -0.3 is 9.52 Å². The van der Waals surface area contributed by atoms with E-state index in [0.717, 1.165) is 11.3 Å². The Labute approximate surface area is 122 Å². The summed E-state index contributed by atoms with van der Waals surface area (Å²) in [5.74, 6) is 2.05. The van der Waals surface area contributed by atoms with Crippen molar-refractivity contribution < 1.29 is 9.52 Å². The molecular weight excluding hydrogens is 282 g/mol. The van der Waals surface area contributed by atoms with Crippen molar-refractivity contribution in [1.82, 2.24) is 4.98 Å². The molecule has 1 heterocycles. The molecule has 2 rings (SSSR count). The minimum atomic E-state index is -0.337. The average Bonchev–Trinajstić information content (AvgIpc) is 2.85. The van der Waals surface area contributed by atoms with Crippen LogP contribution in [0.4, 0.5) is 0 Å². The van der Waals surface area contributed by atoms with Crippen molar-refractivity contribution >= 4 is 23.4 Å². The third-order valence-electron chi connectivity index (χ3n) is 2.83. The van der Waals surface area contributed by atoms with Gasteiger partial charge in [0.1, 0.15) is 0 Å². The monoisotopic (exact) mass is 297 g/mol. The van der Waals surface area contributed by atoms with E-state index in [0.29, 0.717) is 16.7 Å². The molecule has 2 unspecified atom stereocenters. The van der Waals surface area contributed by atoms with Gasteiger partial charge in [-0.2, -0.15) is 0 Å². The molecule has 2 atom stereocenters. The van der Waals surface area contributed by atoms with Crippen LogP contribution in [0, 0.1) is 0 Å². The number of hydrogen-bond donors (Lipinski definition) is 1. The van der Waals surface area contributed by atoms with Gasteiger partial charge in [0.05, 0.1) is 18.1 Å². The first-order valence-electron chi connectivity index (χ1n) is 6.06. The van der Waals surface area contributed by atoms with E-state index in [-0.39, 0.29) is 11.4 Å². The van der Waals surface area contributed by atoms with Crippen molar-refractivity contribution in [1.29, 1.82) is 0 Å². The molecule has 0 spiro atoms. The minimum absolute atomic E-state index is 0.158. The first-order chi connectivity index (χ1) is 9.06. The Morgan fingerprint density at radius 3 is 2.63 bits per heavy atom. The van der Waals surface area contributed by atoms with E-state index < -0.39 is 0 Å². The Morgan fingerprint density at radius 1 is 1.32 bits per heavy atom. The van der Waals surface area contributed by atoms with Crippen LogP contribution < -0.4 is 0 Å². The van der Waals surface area contributed by atoms with Crippen LogP contribution in [0.5, 0.6) is 0 Å². The van der Waals surface area contributed by atoms with Gasteiger partial charge in [-0.1, -0.05) is 18.5 Å². The van der Waals surface area contributed by atoms with Gasteiger partial charge in [0.2, 0.25) is 5.89 Å². The zero-order valence-electron chi connectivity index (χ0n) is 10.8. The van der Waals surface area contributed by atoms with Crippen LogP contribution >= 0.6 is 23.4 Å². The first kappa shape index (κ1) is 14.4. The summed E-state index contributed by atoms with van der Waals surface area (Å²) in [5, 5.41) is 10.3. The lowest BCUT2D eigenvalue weighted by Crippen LogP contribution is -2.15. The topological polar surface area (TPSA) is 46.3 Å². The van der Waals surface area contributed by atoms with Gasteiger partial charge in [0.25, 0.3) is 0 Å². The quantitative estimate of drug-likeness (QED) is 0.906. The van der Waals surface area contributed by atoms with E-state index >= 15 is 0 Å². The van der Waals surface area contributed by atoms with Crippen LogP contribution in [-0.2, 0) is 5.75 Å².